The van der Waals surface area contributed by atoms with E-state index in [2.05, 4.69) is 27.3 Å². The molecule has 1 amide bonds. The van der Waals surface area contributed by atoms with Gasteiger partial charge in [0.05, 0.1) is 0 Å². The van der Waals surface area contributed by atoms with Crippen LogP contribution in [0.3, 0.4) is 0 Å². The molecule has 3 aromatic rings. The van der Waals surface area contributed by atoms with Crippen LogP contribution >= 0.6 is 0 Å². The van der Waals surface area contributed by atoms with Crippen molar-refractivity contribution in [2.24, 2.45) is 5.92 Å². The Hall–Kier alpha value is -2.95. The van der Waals surface area contributed by atoms with Crippen LogP contribution in [-0.4, -0.2) is 39.1 Å². The van der Waals surface area contributed by atoms with Gasteiger partial charge < -0.3 is 4.90 Å². The predicted molar refractivity (Wildman–Crippen MR) is 110 cm³/mol. The molecule has 1 saturated heterocycles. The molecule has 1 N–H and O–H groups in total. The minimum Gasteiger partial charge on any atom is -0.343 e. The SMILES string of the molecule is O=C(CCc1ccccc1)N1CCC(Cc2nc(-c3ccccc3)n[nH]2)CC1. The van der Waals surface area contributed by atoms with Crippen LogP contribution in [0, 0.1) is 5.92 Å². The van der Waals surface area contributed by atoms with E-state index in [1.54, 1.807) is 0 Å². The number of carbonyl (C=O) groups is 1. The first kappa shape index (κ1) is 18.4. The molecular weight excluding hydrogens is 348 g/mol. The Labute approximate surface area is 165 Å². The number of hydrogen-bond acceptors (Lipinski definition) is 3. The van der Waals surface area contributed by atoms with E-state index in [-0.39, 0.29) is 5.91 Å². The second kappa shape index (κ2) is 8.83. The number of nitrogens with one attached hydrogen (secondary N) is 1. The molecule has 144 valence electrons. The number of hydrogen-bond donors (Lipinski definition) is 1. The van der Waals surface area contributed by atoms with E-state index < -0.39 is 0 Å². The molecule has 1 aliphatic rings. The van der Waals surface area contributed by atoms with Gasteiger partial charge in [-0.05, 0) is 30.7 Å². The predicted octanol–water partition coefficient (Wildman–Crippen LogP) is 3.89. The number of rotatable bonds is 6. The highest BCUT2D eigenvalue weighted by Gasteiger charge is 2.23. The van der Waals surface area contributed by atoms with E-state index in [1.807, 2.05) is 53.4 Å². The number of aromatic amines is 1. The van der Waals surface area contributed by atoms with Crippen molar-refractivity contribution in [3.05, 3.63) is 72.1 Å². The first-order valence-corrected chi connectivity index (χ1v) is 10.1. The number of amides is 1. The van der Waals surface area contributed by atoms with Gasteiger partial charge in [0.25, 0.3) is 0 Å². The molecule has 1 aromatic heterocycles. The number of likely N-dealkylation sites (tertiary alicyclic amines) is 1. The number of piperidine rings is 1. The molecule has 1 fully saturated rings. The fraction of sp³-hybridized carbons (Fsp3) is 0.348. The Bertz CT molecular complexity index is 883. The molecule has 2 heterocycles. The van der Waals surface area contributed by atoms with Gasteiger partial charge in [0.1, 0.15) is 5.82 Å². The maximum Gasteiger partial charge on any atom is 0.222 e. The van der Waals surface area contributed by atoms with E-state index in [1.165, 1.54) is 5.56 Å². The maximum absolute atomic E-state index is 12.5. The molecule has 0 radical (unpaired) electrons. The lowest BCUT2D eigenvalue weighted by atomic mass is 9.93. The number of carbonyl (C=O) groups excluding carboxylic acids is 1. The van der Waals surface area contributed by atoms with Crippen molar-refractivity contribution >= 4 is 5.91 Å². The summed E-state index contributed by atoms with van der Waals surface area (Å²) in [6.45, 7) is 1.69. The van der Waals surface area contributed by atoms with Crippen LogP contribution in [0.25, 0.3) is 11.4 Å². The average Bonchev–Trinajstić information content (AvgIpc) is 3.22. The molecule has 2 aromatic carbocycles. The molecule has 0 bridgehead atoms. The Morgan fingerprint density at radius 2 is 1.68 bits per heavy atom. The van der Waals surface area contributed by atoms with Crippen LogP contribution in [-0.2, 0) is 17.6 Å². The highest BCUT2D eigenvalue weighted by Crippen LogP contribution is 2.22. The molecule has 1 aliphatic heterocycles. The van der Waals surface area contributed by atoms with Crippen molar-refractivity contribution < 1.29 is 4.79 Å². The molecule has 5 nitrogen and oxygen atoms in total. The van der Waals surface area contributed by atoms with E-state index in [9.17, 15) is 4.79 Å². The normalized spacial score (nSPS) is 14.9. The zero-order valence-electron chi connectivity index (χ0n) is 16.1. The van der Waals surface area contributed by atoms with E-state index in [0.717, 1.165) is 56.0 Å². The summed E-state index contributed by atoms with van der Waals surface area (Å²) in [5, 5.41) is 7.43. The van der Waals surface area contributed by atoms with E-state index >= 15 is 0 Å². The Balaban J connectivity index is 1.24. The third-order valence-electron chi connectivity index (χ3n) is 5.48. The molecular formula is C23H26N4O. The fourth-order valence-corrected chi connectivity index (χ4v) is 3.82. The monoisotopic (exact) mass is 374 g/mol. The molecule has 0 atom stereocenters. The summed E-state index contributed by atoms with van der Waals surface area (Å²) < 4.78 is 0. The van der Waals surface area contributed by atoms with Crippen LogP contribution in [0.1, 0.15) is 30.7 Å². The summed E-state index contributed by atoms with van der Waals surface area (Å²) in [5.74, 6) is 2.51. The van der Waals surface area contributed by atoms with Gasteiger partial charge in [-0.3, -0.25) is 9.89 Å². The first-order valence-electron chi connectivity index (χ1n) is 10.1. The Morgan fingerprint density at radius 1 is 1.00 bits per heavy atom. The highest BCUT2D eigenvalue weighted by molar-refractivity contribution is 5.76. The van der Waals surface area contributed by atoms with Gasteiger partial charge in [0, 0.05) is 31.5 Å². The van der Waals surface area contributed by atoms with Crippen LogP contribution in [0.2, 0.25) is 0 Å². The first-order chi connectivity index (χ1) is 13.8. The van der Waals surface area contributed by atoms with Gasteiger partial charge in [0.15, 0.2) is 5.82 Å². The summed E-state index contributed by atoms with van der Waals surface area (Å²) in [7, 11) is 0. The van der Waals surface area contributed by atoms with Crippen molar-refractivity contribution in [2.75, 3.05) is 13.1 Å². The van der Waals surface area contributed by atoms with Crippen molar-refractivity contribution in [1.82, 2.24) is 20.1 Å². The summed E-state index contributed by atoms with van der Waals surface area (Å²) in [4.78, 5) is 19.2. The zero-order chi connectivity index (χ0) is 19.2. The summed E-state index contributed by atoms with van der Waals surface area (Å²) in [5.41, 5.74) is 2.26. The highest BCUT2D eigenvalue weighted by atomic mass is 16.2. The smallest absolute Gasteiger partial charge is 0.222 e. The van der Waals surface area contributed by atoms with Crippen molar-refractivity contribution in [1.29, 1.82) is 0 Å². The number of aromatic nitrogens is 3. The Kier molecular flexibility index (Phi) is 5.80. The van der Waals surface area contributed by atoms with E-state index in [4.69, 9.17) is 0 Å². The molecule has 5 heteroatoms. The Morgan fingerprint density at radius 3 is 2.39 bits per heavy atom. The lowest BCUT2D eigenvalue weighted by Crippen LogP contribution is -2.39. The van der Waals surface area contributed by atoms with Crippen molar-refractivity contribution in [3.63, 3.8) is 0 Å². The van der Waals surface area contributed by atoms with Crippen LogP contribution < -0.4 is 0 Å². The minimum absolute atomic E-state index is 0.272. The number of nitrogens with zero attached hydrogens (tertiary/aromatic N) is 3. The van der Waals surface area contributed by atoms with Crippen LogP contribution in [0.5, 0.6) is 0 Å². The van der Waals surface area contributed by atoms with Crippen LogP contribution in [0.4, 0.5) is 0 Å². The summed E-state index contributed by atoms with van der Waals surface area (Å²) in [6, 6.07) is 20.3. The largest absolute Gasteiger partial charge is 0.343 e. The number of aryl methyl sites for hydroxylation is 1. The van der Waals surface area contributed by atoms with Crippen LogP contribution in [0.15, 0.2) is 60.7 Å². The molecule has 28 heavy (non-hydrogen) atoms. The van der Waals surface area contributed by atoms with Gasteiger partial charge in [-0.2, -0.15) is 5.10 Å². The molecule has 0 spiro atoms. The maximum atomic E-state index is 12.5. The standard InChI is InChI=1S/C23H26N4O/c28-22(12-11-18-7-3-1-4-8-18)27-15-13-19(14-16-27)17-21-24-23(26-25-21)20-9-5-2-6-10-20/h1-10,19H,11-17H2,(H,24,25,26). The molecule has 4 rings (SSSR count). The van der Waals surface area contributed by atoms with Crippen molar-refractivity contribution in [3.8, 4) is 11.4 Å². The van der Waals surface area contributed by atoms with Crippen molar-refractivity contribution in [2.45, 2.75) is 32.1 Å². The van der Waals surface area contributed by atoms with Gasteiger partial charge in [-0.1, -0.05) is 60.7 Å². The number of H-pyrrole nitrogens is 1. The second-order valence-electron chi connectivity index (χ2n) is 7.49. The zero-order valence-corrected chi connectivity index (χ0v) is 16.1. The van der Waals surface area contributed by atoms with Gasteiger partial charge >= 0.3 is 0 Å². The fourth-order valence-electron chi connectivity index (χ4n) is 3.82. The lowest BCUT2D eigenvalue weighted by Gasteiger charge is -2.31. The summed E-state index contributed by atoms with van der Waals surface area (Å²) >= 11 is 0. The topological polar surface area (TPSA) is 61.9 Å². The molecule has 0 aliphatic carbocycles. The minimum atomic E-state index is 0.272. The third kappa shape index (κ3) is 4.66. The third-order valence-corrected chi connectivity index (χ3v) is 5.48. The van der Waals surface area contributed by atoms with Gasteiger partial charge in [-0.25, -0.2) is 4.98 Å². The van der Waals surface area contributed by atoms with E-state index in [0.29, 0.717) is 12.3 Å². The molecule has 0 unspecified atom stereocenters. The summed E-state index contributed by atoms with van der Waals surface area (Å²) in [6.07, 6.45) is 4.36. The molecule has 0 saturated carbocycles. The second-order valence-corrected chi connectivity index (χ2v) is 7.49. The lowest BCUT2D eigenvalue weighted by molar-refractivity contribution is -0.132. The number of benzene rings is 2. The quantitative estimate of drug-likeness (QED) is 0.712. The van der Waals surface area contributed by atoms with Gasteiger partial charge in [-0.15, -0.1) is 0 Å². The van der Waals surface area contributed by atoms with Gasteiger partial charge in [0.2, 0.25) is 5.91 Å². The average molecular weight is 374 g/mol.